The normalized spacial score (nSPS) is 12.3. The van der Waals surface area contributed by atoms with Crippen LogP contribution in [0.3, 0.4) is 0 Å². The van der Waals surface area contributed by atoms with Crippen LogP contribution >= 0.6 is 34.0 Å². The smallest absolute Gasteiger partial charge is 0.135 e. The van der Waals surface area contributed by atoms with Crippen molar-refractivity contribution in [2.24, 2.45) is 0 Å². The molecule has 6 nitrogen and oxygen atoms in total. The minimum atomic E-state index is 0.918. The highest BCUT2D eigenvalue weighted by atomic mass is 32.1. The molecule has 0 aliphatic carbocycles. The van der Waals surface area contributed by atoms with Gasteiger partial charge in [-0.2, -0.15) is 0 Å². The van der Waals surface area contributed by atoms with Crippen LogP contribution in [0.2, 0.25) is 0 Å². The first-order valence-electron chi connectivity index (χ1n) is 46.1. The lowest BCUT2D eigenvalue weighted by Crippen LogP contribution is -1.97. The van der Waals surface area contributed by atoms with E-state index in [0.29, 0.717) is 0 Å². The van der Waals surface area contributed by atoms with Crippen LogP contribution < -0.4 is 0 Å². The van der Waals surface area contributed by atoms with E-state index in [-0.39, 0.29) is 0 Å². The Hall–Kier alpha value is -16.9. The molecule has 0 N–H and O–H groups in total. The van der Waals surface area contributed by atoms with E-state index in [4.69, 9.17) is 4.42 Å². The second kappa shape index (κ2) is 28.8. The first-order valence-corrected chi connectivity index (χ1v) is 48.6. The molecule has 0 unspecified atom stereocenters. The van der Waals surface area contributed by atoms with Gasteiger partial charge in [0, 0.05) is 154 Å². The van der Waals surface area contributed by atoms with Crippen molar-refractivity contribution in [3.8, 4) is 61.8 Å². The van der Waals surface area contributed by atoms with E-state index in [2.05, 4.69) is 454 Å². The minimum absolute atomic E-state index is 0.918. The third-order valence-electron chi connectivity index (χ3n) is 28.9. The number of para-hydroxylation sites is 5. The zero-order valence-electron chi connectivity index (χ0n) is 72.5. The van der Waals surface area contributed by atoms with E-state index < -0.39 is 0 Å². The van der Waals surface area contributed by atoms with E-state index in [0.717, 1.165) is 33.3 Å². The number of thiophene rings is 3. The van der Waals surface area contributed by atoms with Gasteiger partial charge in [-0.25, -0.2) is 0 Å². The number of rotatable bonds is 8. The molecule has 0 atom stereocenters. The molecule has 23 aromatic carbocycles. The topological polar surface area (TPSA) is 37.8 Å². The largest absolute Gasteiger partial charge is 0.456 e. The summed E-state index contributed by atoms with van der Waals surface area (Å²) in [7, 11) is 0. The van der Waals surface area contributed by atoms with Crippen LogP contribution in [0.4, 0.5) is 0 Å². The van der Waals surface area contributed by atoms with Crippen molar-refractivity contribution in [3.63, 3.8) is 0 Å². The van der Waals surface area contributed by atoms with Gasteiger partial charge in [-0.05, 0) is 254 Å². The number of furan rings is 1. The average molecular weight is 1770 g/mol. The quantitative estimate of drug-likeness (QED) is 0.140. The molecular formula is C126H73N5OS3. The lowest BCUT2D eigenvalue weighted by molar-refractivity contribution is 0.669. The lowest BCUT2D eigenvalue weighted by atomic mass is 9.94. The summed E-state index contributed by atoms with van der Waals surface area (Å²) >= 11 is 5.61. The zero-order valence-corrected chi connectivity index (χ0v) is 75.0. The van der Waals surface area contributed by atoms with Gasteiger partial charge in [0.15, 0.2) is 0 Å². The van der Waals surface area contributed by atoms with Crippen molar-refractivity contribution in [3.05, 3.63) is 443 Å². The number of fused-ring (bicyclic) bond motifs is 18. The Morgan fingerprint density at radius 3 is 0.881 bits per heavy atom. The van der Waals surface area contributed by atoms with Gasteiger partial charge in [-0.1, -0.05) is 255 Å². The number of aromatic nitrogens is 5. The van der Waals surface area contributed by atoms with Crippen LogP contribution in [0.5, 0.6) is 0 Å². The Bertz CT molecular complexity index is 10500. The zero-order chi connectivity index (χ0) is 87.9. The summed E-state index contributed by atoms with van der Waals surface area (Å²) in [6, 6.07) is 163. The number of benzene rings is 23. The molecule has 32 aromatic rings. The van der Waals surface area contributed by atoms with E-state index in [1.165, 1.54) is 252 Å². The van der Waals surface area contributed by atoms with Crippen LogP contribution in [-0.2, 0) is 0 Å². The summed E-state index contributed by atoms with van der Waals surface area (Å²) in [5, 5.41) is 31.0. The number of nitrogens with zero attached hydrogens (tertiary/aromatic N) is 5. The molecule has 0 saturated heterocycles. The van der Waals surface area contributed by atoms with Crippen LogP contribution in [0, 0.1) is 0 Å². The first kappa shape index (κ1) is 74.8. The van der Waals surface area contributed by atoms with Gasteiger partial charge in [0.2, 0.25) is 0 Å². The fourth-order valence-electron chi connectivity index (χ4n) is 23.1. The molecule has 0 fully saturated rings. The maximum Gasteiger partial charge on any atom is 0.135 e. The van der Waals surface area contributed by atoms with Crippen molar-refractivity contribution >= 4 is 258 Å². The Kier molecular flexibility index (Phi) is 16.0. The molecule has 32 rings (SSSR count). The van der Waals surface area contributed by atoms with Crippen LogP contribution in [-0.4, -0.2) is 22.8 Å². The molecule has 0 radical (unpaired) electrons. The molecule has 0 spiro atoms. The molecule has 9 heterocycles. The van der Waals surface area contributed by atoms with E-state index in [9.17, 15) is 0 Å². The molecular weight excluding hydrogens is 1700 g/mol. The van der Waals surface area contributed by atoms with Crippen molar-refractivity contribution in [2.45, 2.75) is 0 Å². The van der Waals surface area contributed by atoms with Gasteiger partial charge in [-0.15, -0.1) is 34.0 Å². The average Bonchev–Trinajstić information content (AvgIpc) is 1.55. The van der Waals surface area contributed by atoms with E-state index in [1.807, 2.05) is 46.1 Å². The SMILES string of the molecule is c1ccc(-n2c3ccccc3c3cc(-n4c5cccc6ccc7c(-c8ccc9sc%10ccccc%10c9c8)ccc4c7c65)ccc32)cc1.c1ccc2c(c1)oc1ccc(-n3c4cccc5ccc6c(-c7ccc8sc9ccccc9c8c7)ccc3c6c54)cc12.c1ccc2c(c1)sc1ccc(-c3ccc4c5c3ccc3cccc(c35)n4-c3ccc(-n4c5ccccc5c5ccccc54)cc3)cc12. The highest BCUT2D eigenvalue weighted by Gasteiger charge is 2.27. The number of hydrogen-bond donors (Lipinski definition) is 0. The second-order valence-corrected chi connectivity index (χ2v) is 39.2. The van der Waals surface area contributed by atoms with Crippen molar-refractivity contribution in [1.82, 2.24) is 22.8 Å². The second-order valence-electron chi connectivity index (χ2n) is 36.0. The Morgan fingerprint density at radius 1 is 0.148 bits per heavy atom. The minimum Gasteiger partial charge on any atom is -0.456 e. The van der Waals surface area contributed by atoms with Crippen LogP contribution in [0.15, 0.2) is 447 Å². The van der Waals surface area contributed by atoms with Gasteiger partial charge < -0.3 is 27.3 Å². The monoisotopic (exact) mass is 1770 g/mol. The molecule has 9 heteroatoms. The molecule has 626 valence electrons. The van der Waals surface area contributed by atoms with Crippen molar-refractivity contribution < 1.29 is 4.42 Å². The highest BCUT2D eigenvalue weighted by molar-refractivity contribution is 7.26. The summed E-state index contributed by atoms with van der Waals surface area (Å²) in [6.45, 7) is 0. The van der Waals surface area contributed by atoms with Gasteiger partial charge in [0.1, 0.15) is 11.2 Å². The van der Waals surface area contributed by atoms with Crippen LogP contribution in [0.25, 0.3) is 286 Å². The van der Waals surface area contributed by atoms with Crippen molar-refractivity contribution in [2.75, 3.05) is 0 Å². The summed E-state index contributed by atoms with van der Waals surface area (Å²) in [4.78, 5) is 0. The lowest BCUT2D eigenvalue weighted by Gasteiger charge is -2.12. The molecule has 0 saturated carbocycles. The molecule has 0 aliphatic heterocycles. The molecule has 0 aliphatic rings. The molecule has 0 bridgehead atoms. The summed E-state index contributed by atoms with van der Waals surface area (Å²) in [6.07, 6.45) is 0. The predicted octanol–water partition coefficient (Wildman–Crippen LogP) is 36.3. The standard InChI is InChI=1S/2C44H26N2S.C38H21NOS/c1-4-12-37-32(9-1)33-10-2-5-13-38(33)45(37)29-18-20-30(21-19-29)46-39-14-7-8-27-16-22-35-31(23-24-40(46)44(35)43(27)39)28-17-25-42-36(26-28)34-11-3-6-15-41(34)47-42;1-2-10-29(11-3-1)45-37-14-6-4-12-32(37)35-26-30(19-22-38(35)45)46-39-15-8-9-27-17-20-34-31(21-23-40(46)44(34)43(27)39)28-18-24-42-36(25-28)33-13-5-7-16-41(33)47-42;1-3-10-33-26(7-1)29-21-24(14-18-34(29)40-33)39-31-9-5-6-22-12-15-28-25(16-17-32(39)38(28)37(22)31)23-13-19-36-30(20-23)27-8-2-4-11-35(27)41-36/h2*1-26H;1-21H. The third kappa shape index (κ3) is 11.0. The molecule has 9 aromatic heterocycles. The first-order chi connectivity index (χ1) is 66.9. The Morgan fingerprint density at radius 2 is 0.444 bits per heavy atom. The fraction of sp³-hybridized carbons (Fsp3) is 0. The third-order valence-corrected chi connectivity index (χ3v) is 32.4. The maximum atomic E-state index is 6.15. The fourth-order valence-corrected chi connectivity index (χ4v) is 26.4. The highest BCUT2D eigenvalue weighted by Crippen LogP contribution is 2.51. The number of hydrogen-bond acceptors (Lipinski definition) is 4. The van der Waals surface area contributed by atoms with Gasteiger partial charge in [0.25, 0.3) is 0 Å². The van der Waals surface area contributed by atoms with Gasteiger partial charge in [0.05, 0.1) is 55.2 Å². The van der Waals surface area contributed by atoms with Crippen molar-refractivity contribution in [1.29, 1.82) is 0 Å². The molecule has 0 amide bonds. The van der Waals surface area contributed by atoms with Gasteiger partial charge in [-0.3, -0.25) is 0 Å². The van der Waals surface area contributed by atoms with E-state index in [1.54, 1.807) is 0 Å². The summed E-state index contributed by atoms with van der Waals surface area (Å²) in [5.74, 6) is 0. The van der Waals surface area contributed by atoms with Gasteiger partial charge >= 0.3 is 0 Å². The summed E-state index contributed by atoms with van der Waals surface area (Å²) < 4.78 is 26.3. The maximum absolute atomic E-state index is 6.15. The van der Waals surface area contributed by atoms with E-state index >= 15 is 0 Å². The predicted molar refractivity (Wildman–Crippen MR) is 579 cm³/mol. The molecule has 135 heavy (non-hydrogen) atoms. The Balaban J connectivity index is 0.0000000967. The Labute approximate surface area is 783 Å². The van der Waals surface area contributed by atoms with Crippen LogP contribution in [0.1, 0.15) is 0 Å². The summed E-state index contributed by atoms with van der Waals surface area (Å²) in [5.41, 5.74) is 27.6.